The summed E-state index contributed by atoms with van der Waals surface area (Å²) >= 11 is 0. The average Bonchev–Trinajstić information content (AvgIpc) is 3.71. The Morgan fingerprint density at radius 2 is 1.95 bits per heavy atom. The van der Waals surface area contributed by atoms with E-state index in [9.17, 15) is 13.2 Å². The molecule has 0 spiro atoms. The maximum atomic E-state index is 13.0. The minimum atomic E-state index is -3.65. The zero-order chi connectivity index (χ0) is 28.6. The first-order valence-electron chi connectivity index (χ1n) is 14.7. The van der Waals surface area contributed by atoms with Crippen molar-refractivity contribution in [2.75, 3.05) is 26.9 Å². The van der Waals surface area contributed by atoms with Gasteiger partial charge >= 0.3 is 0 Å². The van der Waals surface area contributed by atoms with Gasteiger partial charge in [-0.1, -0.05) is 6.07 Å². The molecule has 3 aromatic rings. The first-order valence-corrected chi connectivity index (χ1v) is 16.2. The maximum absolute atomic E-state index is 13.0. The van der Waals surface area contributed by atoms with Crippen LogP contribution in [-0.4, -0.2) is 62.4 Å². The van der Waals surface area contributed by atoms with Crippen molar-refractivity contribution in [2.45, 2.75) is 75.8 Å². The number of rotatable bonds is 6. The first kappa shape index (κ1) is 28.1. The van der Waals surface area contributed by atoms with Gasteiger partial charge in [0.2, 0.25) is 10.0 Å². The predicted molar refractivity (Wildman–Crippen MR) is 157 cm³/mol. The summed E-state index contributed by atoms with van der Waals surface area (Å²) in [6.45, 7) is 4.85. The topological polar surface area (TPSA) is 110 Å². The van der Waals surface area contributed by atoms with Gasteiger partial charge in [0.25, 0.3) is 5.91 Å². The highest BCUT2D eigenvalue weighted by molar-refractivity contribution is 7.91. The molecular weight excluding hydrogens is 542 g/mol. The number of amides is 1. The lowest BCUT2D eigenvalue weighted by Crippen LogP contribution is -2.40. The van der Waals surface area contributed by atoms with Gasteiger partial charge in [-0.05, 0) is 81.7 Å². The second kappa shape index (κ2) is 11.7. The van der Waals surface area contributed by atoms with Gasteiger partial charge in [-0.3, -0.25) is 9.69 Å². The molecule has 3 heterocycles. The van der Waals surface area contributed by atoms with Gasteiger partial charge in [0.1, 0.15) is 11.5 Å². The van der Waals surface area contributed by atoms with Crippen molar-refractivity contribution >= 4 is 26.8 Å². The van der Waals surface area contributed by atoms with Gasteiger partial charge in [0, 0.05) is 59.5 Å². The van der Waals surface area contributed by atoms with Crippen LogP contribution < -0.4 is 14.2 Å². The molecule has 1 aromatic heterocycles. The van der Waals surface area contributed by atoms with E-state index in [1.165, 1.54) is 0 Å². The number of aromatic nitrogens is 1. The fourth-order valence-corrected chi connectivity index (χ4v) is 7.47. The average molecular weight is 582 g/mol. The summed E-state index contributed by atoms with van der Waals surface area (Å²) in [6, 6.07) is 9.52. The van der Waals surface area contributed by atoms with E-state index in [1.54, 1.807) is 19.2 Å². The van der Waals surface area contributed by atoms with Gasteiger partial charge in [-0.2, -0.15) is 0 Å². The molecule has 2 aromatic carbocycles. The number of piperidine rings is 1. The fraction of sp³-hybridized carbons (Fsp3) is 0.516. The number of benzene rings is 2. The highest BCUT2D eigenvalue weighted by Crippen LogP contribution is 2.41. The number of methoxy groups -OCH3 is 1. The van der Waals surface area contributed by atoms with Crippen LogP contribution in [-0.2, 0) is 21.3 Å². The monoisotopic (exact) mass is 581 g/mol. The number of H-pyrrole nitrogens is 1. The number of hydrogen-bond donors (Lipinski definition) is 2. The largest absolute Gasteiger partial charge is 0.496 e. The summed E-state index contributed by atoms with van der Waals surface area (Å²) in [5, 5.41) is 0.679. The molecule has 2 aliphatic heterocycles. The van der Waals surface area contributed by atoms with Crippen molar-refractivity contribution < 1.29 is 27.4 Å². The normalized spacial score (nSPS) is 22.2. The van der Waals surface area contributed by atoms with Crippen LogP contribution in [0.1, 0.15) is 78.0 Å². The number of fused-ring (bicyclic) bond motifs is 5. The molecule has 9 nitrogen and oxygen atoms in total. The molecule has 2 N–H and O–H groups in total. The lowest BCUT2D eigenvalue weighted by molar-refractivity contribution is -0.0216. The zero-order valence-electron chi connectivity index (χ0n) is 23.8. The number of hydrogen-bond acceptors (Lipinski definition) is 7. The highest BCUT2D eigenvalue weighted by Gasteiger charge is 2.37. The molecule has 10 heteroatoms. The molecule has 2 bridgehead atoms. The Morgan fingerprint density at radius 3 is 2.76 bits per heavy atom. The summed E-state index contributed by atoms with van der Waals surface area (Å²) in [7, 11) is -1.93. The summed E-state index contributed by atoms with van der Waals surface area (Å²) < 4.78 is 45.6. The molecule has 0 radical (unpaired) electrons. The molecule has 220 valence electrons. The van der Waals surface area contributed by atoms with E-state index in [1.807, 2.05) is 12.3 Å². The summed E-state index contributed by atoms with van der Waals surface area (Å²) in [4.78, 5) is 18.8. The Balaban J connectivity index is 1.36. The number of likely N-dealkylation sites (tertiary alicyclic amines) is 1. The Hall–Kier alpha value is -3.08. The highest BCUT2D eigenvalue weighted by atomic mass is 32.2. The number of ether oxygens (including phenoxy) is 3. The zero-order valence-corrected chi connectivity index (χ0v) is 24.6. The molecule has 0 unspecified atom stereocenters. The fourth-order valence-electron chi connectivity index (χ4n) is 6.17. The second-order valence-electron chi connectivity index (χ2n) is 11.5. The SMILES string of the molecule is COc1cc(C)c2[nH]ccc2c1CN1CC[C@H]2C[C@H]1c1ccc(C(=O)NS(=O)(=O)C3CC3)cc1OCCCCCO2. The van der Waals surface area contributed by atoms with Gasteiger partial charge < -0.3 is 19.2 Å². The van der Waals surface area contributed by atoms with Gasteiger partial charge in [-0.25, -0.2) is 13.1 Å². The van der Waals surface area contributed by atoms with Crippen LogP contribution in [0.5, 0.6) is 11.5 Å². The van der Waals surface area contributed by atoms with E-state index in [4.69, 9.17) is 14.2 Å². The smallest absolute Gasteiger partial charge is 0.264 e. The molecular formula is C31H39N3O6S. The molecule has 1 amide bonds. The minimum absolute atomic E-state index is 0.0181. The van der Waals surface area contributed by atoms with E-state index in [0.29, 0.717) is 31.7 Å². The lowest BCUT2D eigenvalue weighted by atomic mass is 9.90. The number of carbonyl (C=O) groups excluding carboxylic acids is 1. The van der Waals surface area contributed by atoms with E-state index in [0.717, 1.165) is 78.6 Å². The predicted octanol–water partition coefficient (Wildman–Crippen LogP) is 4.99. The third-order valence-electron chi connectivity index (χ3n) is 8.59. The van der Waals surface area contributed by atoms with E-state index in [-0.39, 0.29) is 17.7 Å². The molecule has 6 rings (SSSR count). The number of nitrogens with zero attached hydrogens (tertiary/aromatic N) is 1. The molecule has 1 saturated heterocycles. The number of sulfonamides is 1. The second-order valence-corrected chi connectivity index (χ2v) is 13.4. The third-order valence-corrected chi connectivity index (χ3v) is 10.4. The van der Waals surface area contributed by atoms with Crippen molar-refractivity contribution in [1.29, 1.82) is 0 Å². The molecule has 2 atom stereocenters. The van der Waals surface area contributed by atoms with Crippen LogP contribution in [0, 0.1) is 6.92 Å². The Kier molecular flexibility index (Phi) is 7.98. The van der Waals surface area contributed by atoms with E-state index < -0.39 is 21.2 Å². The Bertz CT molecular complexity index is 1530. The van der Waals surface area contributed by atoms with Crippen molar-refractivity contribution in [1.82, 2.24) is 14.6 Å². The van der Waals surface area contributed by atoms with Crippen LogP contribution in [0.2, 0.25) is 0 Å². The molecule has 41 heavy (non-hydrogen) atoms. The third kappa shape index (κ3) is 5.96. The van der Waals surface area contributed by atoms with Crippen LogP contribution in [0.3, 0.4) is 0 Å². The van der Waals surface area contributed by atoms with Crippen LogP contribution in [0.4, 0.5) is 0 Å². The van der Waals surface area contributed by atoms with Gasteiger partial charge in [-0.15, -0.1) is 0 Å². The van der Waals surface area contributed by atoms with Crippen LogP contribution >= 0.6 is 0 Å². The Morgan fingerprint density at radius 1 is 1.12 bits per heavy atom. The van der Waals surface area contributed by atoms with Crippen LogP contribution in [0.15, 0.2) is 36.5 Å². The summed E-state index contributed by atoms with van der Waals surface area (Å²) in [5.74, 6) is 0.872. The standard InChI is InChI=1S/C31H39N3O6S/c1-20-16-28(38-2)26(24-10-12-32-30(20)24)19-34-13-11-22-18-27(34)25-9-6-21(31(35)33-41(36,37)23-7-8-23)17-29(25)40-15-5-3-4-14-39-22/h6,9-10,12,16-17,22-23,27,32H,3-5,7-8,11,13-15,18-19H2,1-2H3,(H,33,35)/t22-,27-/m0/s1. The lowest BCUT2D eigenvalue weighted by Gasteiger charge is -2.40. The van der Waals surface area contributed by atoms with Crippen molar-refractivity contribution in [3.63, 3.8) is 0 Å². The number of nitrogens with one attached hydrogen (secondary N) is 2. The molecule has 1 saturated carbocycles. The van der Waals surface area contributed by atoms with Crippen molar-refractivity contribution in [3.8, 4) is 11.5 Å². The molecule has 3 aliphatic rings. The number of aryl methyl sites for hydroxylation is 1. The van der Waals surface area contributed by atoms with Crippen molar-refractivity contribution in [2.24, 2.45) is 0 Å². The number of carbonyl (C=O) groups is 1. The quantitative estimate of drug-likeness (QED) is 0.422. The Labute approximate surface area is 241 Å². The molecule has 2 fully saturated rings. The maximum Gasteiger partial charge on any atom is 0.264 e. The summed E-state index contributed by atoms with van der Waals surface area (Å²) in [6.07, 6.45) is 7.86. The minimum Gasteiger partial charge on any atom is -0.496 e. The van der Waals surface area contributed by atoms with Gasteiger partial charge in [0.15, 0.2) is 0 Å². The van der Waals surface area contributed by atoms with E-state index >= 15 is 0 Å². The van der Waals surface area contributed by atoms with Crippen molar-refractivity contribution in [3.05, 3.63) is 58.8 Å². The number of aromatic amines is 1. The summed E-state index contributed by atoms with van der Waals surface area (Å²) in [5.41, 5.74) is 4.64. The van der Waals surface area contributed by atoms with E-state index in [2.05, 4.69) is 33.7 Å². The van der Waals surface area contributed by atoms with Crippen LogP contribution in [0.25, 0.3) is 10.9 Å². The van der Waals surface area contributed by atoms with Gasteiger partial charge in [0.05, 0.1) is 25.1 Å². The first-order chi connectivity index (χ1) is 19.8. The molecule has 1 aliphatic carbocycles.